The van der Waals surface area contributed by atoms with Gasteiger partial charge in [0.05, 0.1) is 11.1 Å². The summed E-state index contributed by atoms with van der Waals surface area (Å²) in [5.74, 6) is -0.696. The van der Waals surface area contributed by atoms with Crippen molar-refractivity contribution in [3.8, 4) is 0 Å². The standard InChI is InChI=1S/C13H20N2O2/c1-8(2)15-10(4)11(9(3)14-15)13(12(16)17)6-5-7-13/h8H,5-7H2,1-4H3,(H,16,17). The van der Waals surface area contributed by atoms with E-state index in [-0.39, 0.29) is 6.04 Å². The minimum Gasteiger partial charge on any atom is -0.481 e. The van der Waals surface area contributed by atoms with Crippen LogP contribution in [0.15, 0.2) is 0 Å². The predicted molar refractivity (Wildman–Crippen MR) is 65.3 cm³/mol. The van der Waals surface area contributed by atoms with E-state index in [0.29, 0.717) is 0 Å². The fourth-order valence-corrected chi connectivity index (χ4v) is 2.96. The van der Waals surface area contributed by atoms with Gasteiger partial charge in [-0.05, 0) is 40.5 Å². The smallest absolute Gasteiger partial charge is 0.314 e. The minimum atomic E-state index is -0.696. The summed E-state index contributed by atoms with van der Waals surface area (Å²) in [5.41, 5.74) is 2.17. The monoisotopic (exact) mass is 236 g/mol. The molecule has 17 heavy (non-hydrogen) atoms. The second-order valence-electron chi connectivity index (χ2n) is 5.32. The molecule has 0 aromatic carbocycles. The SMILES string of the molecule is Cc1nn(C(C)C)c(C)c1C1(C(=O)O)CCC1. The molecule has 4 nitrogen and oxygen atoms in total. The van der Waals surface area contributed by atoms with E-state index in [2.05, 4.69) is 18.9 Å². The van der Waals surface area contributed by atoms with E-state index < -0.39 is 11.4 Å². The molecule has 0 amide bonds. The first-order valence-corrected chi connectivity index (χ1v) is 6.19. The van der Waals surface area contributed by atoms with Gasteiger partial charge in [0.2, 0.25) is 0 Å². The molecule has 0 aliphatic heterocycles. The third kappa shape index (κ3) is 1.58. The van der Waals surface area contributed by atoms with E-state index in [9.17, 15) is 9.90 Å². The van der Waals surface area contributed by atoms with Gasteiger partial charge >= 0.3 is 5.97 Å². The van der Waals surface area contributed by atoms with Gasteiger partial charge in [-0.2, -0.15) is 5.10 Å². The minimum absolute atomic E-state index is 0.272. The first-order chi connectivity index (χ1) is 7.90. The van der Waals surface area contributed by atoms with E-state index in [1.54, 1.807) is 0 Å². The highest BCUT2D eigenvalue weighted by atomic mass is 16.4. The first-order valence-electron chi connectivity index (χ1n) is 6.19. The quantitative estimate of drug-likeness (QED) is 0.877. The molecule has 0 atom stereocenters. The van der Waals surface area contributed by atoms with E-state index in [0.717, 1.165) is 36.2 Å². The van der Waals surface area contributed by atoms with Gasteiger partial charge in [0.25, 0.3) is 0 Å². The van der Waals surface area contributed by atoms with Gasteiger partial charge in [-0.25, -0.2) is 0 Å². The van der Waals surface area contributed by atoms with Gasteiger partial charge in [-0.1, -0.05) is 6.42 Å². The number of aryl methyl sites for hydroxylation is 1. The summed E-state index contributed by atoms with van der Waals surface area (Å²) < 4.78 is 1.94. The molecule has 0 spiro atoms. The van der Waals surface area contributed by atoms with E-state index >= 15 is 0 Å². The third-order valence-electron chi connectivity index (χ3n) is 3.91. The van der Waals surface area contributed by atoms with E-state index in [4.69, 9.17) is 0 Å². The van der Waals surface area contributed by atoms with Crippen molar-refractivity contribution in [2.75, 3.05) is 0 Å². The Morgan fingerprint density at radius 3 is 2.29 bits per heavy atom. The van der Waals surface area contributed by atoms with Crippen LogP contribution in [0.4, 0.5) is 0 Å². The average molecular weight is 236 g/mol. The van der Waals surface area contributed by atoms with Crippen LogP contribution in [0, 0.1) is 13.8 Å². The van der Waals surface area contributed by atoms with Gasteiger partial charge in [-0.3, -0.25) is 9.48 Å². The molecule has 1 aromatic heterocycles. The Balaban J connectivity index is 2.55. The highest BCUT2D eigenvalue weighted by molar-refractivity contribution is 5.83. The molecule has 1 heterocycles. The number of hydrogen-bond donors (Lipinski definition) is 1. The predicted octanol–water partition coefficient (Wildman–Crippen LogP) is 2.59. The maximum Gasteiger partial charge on any atom is 0.314 e. The number of carboxylic acids is 1. The van der Waals surface area contributed by atoms with Crippen LogP contribution >= 0.6 is 0 Å². The molecule has 0 saturated heterocycles. The lowest BCUT2D eigenvalue weighted by Gasteiger charge is -2.38. The second kappa shape index (κ2) is 3.86. The van der Waals surface area contributed by atoms with Crippen molar-refractivity contribution in [1.82, 2.24) is 9.78 Å². The van der Waals surface area contributed by atoms with Crippen LogP contribution in [0.3, 0.4) is 0 Å². The normalized spacial score (nSPS) is 18.2. The van der Waals surface area contributed by atoms with Gasteiger partial charge in [0, 0.05) is 17.3 Å². The number of hydrogen-bond acceptors (Lipinski definition) is 2. The zero-order chi connectivity index (χ0) is 12.8. The topological polar surface area (TPSA) is 55.1 Å². The van der Waals surface area contributed by atoms with Crippen molar-refractivity contribution in [3.05, 3.63) is 17.0 Å². The molecule has 0 radical (unpaired) electrons. The van der Waals surface area contributed by atoms with Crippen LogP contribution in [-0.2, 0) is 10.2 Å². The third-order valence-corrected chi connectivity index (χ3v) is 3.91. The van der Waals surface area contributed by atoms with Gasteiger partial charge in [-0.15, -0.1) is 0 Å². The Hall–Kier alpha value is -1.32. The van der Waals surface area contributed by atoms with Crippen LogP contribution < -0.4 is 0 Å². The van der Waals surface area contributed by atoms with Crippen molar-refractivity contribution >= 4 is 5.97 Å². The van der Waals surface area contributed by atoms with Crippen molar-refractivity contribution in [2.45, 2.75) is 58.4 Å². The first kappa shape index (κ1) is 12.1. The second-order valence-corrected chi connectivity index (χ2v) is 5.32. The van der Waals surface area contributed by atoms with Crippen molar-refractivity contribution < 1.29 is 9.90 Å². The van der Waals surface area contributed by atoms with E-state index in [1.165, 1.54) is 0 Å². The lowest BCUT2D eigenvalue weighted by Crippen LogP contribution is -2.43. The summed E-state index contributed by atoms with van der Waals surface area (Å²) in [4.78, 5) is 11.6. The Morgan fingerprint density at radius 1 is 1.41 bits per heavy atom. The largest absolute Gasteiger partial charge is 0.481 e. The number of aliphatic carboxylic acids is 1. The van der Waals surface area contributed by atoms with Gasteiger partial charge < -0.3 is 5.11 Å². The summed E-state index contributed by atoms with van der Waals surface area (Å²) >= 11 is 0. The zero-order valence-corrected chi connectivity index (χ0v) is 10.9. The summed E-state index contributed by atoms with van der Waals surface area (Å²) in [6.45, 7) is 8.04. The average Bonchev–Trinajstić information content (AvgIpc) is 2.43. The molecule has 94 valence electrons. The molecule has 1 aliphatic carbocycles. The van der Waals surface area contributed by atoms with Gasteiger partial charge in [0.15, 0.2) is 0 Å². The van der Waals surface area contributed by atoms with Crippen LogP contribution in [-0.4, -0.2) is 20.9 Å². The molecule has 1 N–H and O–H groups in total. The molecule has 0 unspecified atom stereocenters. The molecule has 1 saturated carbocycles. The fraction of sp³-hybridized carbons (Fsp3) is 0.692. The van der Waals surface area contributed by atoms with Crippen LogP contribution in [0.5, 0.6) is 0 Å². The molecule has 1 aliphatic rings. The fourth-order valence-electron chi connectivity index (χ4n) is 2.96. The zero-order valence-electron chi connectivity index (χ0n) is 10.9. The molecule has 2 rings (SSSR count). The molecular weight excluding hydrogens is 216 g/mol. The number of aromatic nitrogens is 2. The molecule has 0 bridgehead atoms. The van der Waals surface area contributed by atoms with Gasteiger partial charge in [0.1, 0.15) is 0 Å². The Kier molecular flexibility index (Phi) is 2.76. The Labute approximate surface area is 102 Å². The van der Waals surface area contributed by atoms with E-state index in [1.807, 2.05) is 18.5 Å². The highest BCUT2D eigenvalue weighted by Crippen LogP contribution is 2.46. The number of rotatable bonds is 3. The molecule has 1 aromatic rings. The number of nitrogens with zero attached hydrogens (tertiary/aromatic N) is 2. The number of carboxylic acid groups (broad SMARTS) is 1. The maximum absolute atomic E-state index is 11.6. The summed E-state index contributed by atoms with van der Waals surface area (Å²) in [5, 5.41) is 14.0. The summed E-state index contributed by atoms with van der Waals surface area (Å²) in [6.07, 6.45) is 2.49. The van der Waals surface area contributed by atoms with Crippen molar-refractivity contribution in [1.29, 1.82) is 0 Å². The van der Waals surface area contributed by atoms with Crippen molar-refractivity contribution in [3.63, 3.8) is 0 Å². The highest BCUT2D eigenvalue weighted by Gasteiger charge is 2.49. The maximum atomic E-state index is 11.6. The van der Waals surface area contributed by atoms with Crippen LogP contribution in [0.1, 0.15) is 56.1 Å². The van der Waals surface area contributed by atoms with Crippen LogP contribution in [0.25, 0.3) is 0 Å². The van der Waals surface area contributed by atoms with Crippen LogP contribution in [0.2, 0.25) is 0 Å². The molecular formula is C13H20N2O2. The molecule has 1 fully saturated rings. The summed E-state index contributed by atoms with van der Waals surface area (Å²) in [7, 11) is 0. The Bertz CT molecular complexity index is 456. The summed E-state index contributed by atoms with van der Waals surface area (Å²) in [6, 6.07) is 0.272. The number of carbonyl (C=O) groups is 1. The lowest BCUT2D eigenvalue weighted by atomic mass is 9.64. The molecule has 4 heteroatoms. The van der Waals surface area contributed by atoms with Crippen molar-refractivity contribution in [2.24, 2.45) is 0 Å². The lowest BCUT2D eigenvalue weighted by molar-refractivity contribution is -0.147. The Morgan fingerprint density at radius 2 is 2.00 bits per heavy atom.